The van der Waals surface area contributed by atoms with E-state index in [1.807, 2.05) is 0 Å². The van der Waals surface area contributed by atoms with Gasteiger partial charge in [0.15, 0.2) is 0 Å². The Morgan fingerprint density at radius 1 is 1.45 bits per heavy atom. The summed E-state index contributed by atoms with van der Waals surface area (Å²) >= 11 is 0. The molecule has 0 N–H and O–H groups in total. The van der Waals surface area contributed by atoms with Crippen LogP contribution < -0.4 is 0 Å². The Kier molecular flexibility index (Phi) is 2.41. The average molecular weight is 152 g/mol. The molecular weight excluding hydrogens is 132 g/mol. The number of hydrogen-bond donors (Lipinski definition) is 0. The second-order valence-electron chi connectivity index (χ2n) is 4.80. The summed E-state index contributed by atoms with van der Waals surface area (Å²) in [7, 11) is 0. The standard InChI is InChI=1S/C11H20/c1-9(2)10-6-5-7-11(3,4)8-10/h10H,1,5-8H2,2-4H3. The Hall–Kier alpha value is -0.260. The van der Waals surface area contributed by atoms with E-state index in [2.05, 4.69) is 27.4 Å². The van der Waals surface area contributed by atoms with Gasteiger partial charge in [0.2, 0.25) is 0 Å². The molecule has 1 saturated carbocycles. The molecule has 1 aliphatic carbocycles. The third-order valence-electron chi connectivity index (χ3n) is 2.90. The molecule has 1 unspecified atom stereocenters. The SMILES string of the molecule is C=C(C)C1CCCC(C)(C)C1. The van der Waals surface area contributed by atoms with Crippen molar-refractivity contribution in [1.29, 1.82) is 0 Å². The Morgan fingerprint density at radius 3 is 2.45 bits per heavy atom. The first-order valence-electron chi connectivity index (χ1n) is 4.67. The van der Waals surface area contributed by atoms with E-state index in [0.29, 0.717) is 5.41 Å². The van der Waals surface area contributed by atoms with E-state index in [0.717, 1.165) is 5.92 Å². The van der Waals surface area contributed by atoms with Crippen LogP contribution in [0.2, 0.25) is 0 Å². The van der Waals surface area contributed by atoms with Crippen molar-refractivity contribution in [1.82, 2.24) is 0 Å². The van der Waals surface area contributed by atoms with Crippen molar-refractivity contribution in [3.8, 4) is 0 Å². The summed E-state index contributed by atoms with van der Waals surface area (Å²) in [5.74, 6) is 0.804. The van der Waals surface area contributed by atoms with Gasteiger partial charge in [-0.15, -0.1) is 0 Å². The van der Waals surface area contributed by atoms with E-state index in [1.54, 1.807) is 0 Å². The smallest absolute Gasteiger partial charge is 0.0204 e. The highest BCUT2D eigenvalue weighted by Crippen LogP contribution is 2.40. The van der Waals surface area contributed by atoms with Crippen LogP contribution in [0.15, 0.2) is 12.2 Å². The van der Waals surface area contributed by atoms with Gasteiger partial charge in [-0.2, -0.15) is 0 Å². The first kappa shape index (κ1) is 8.83. The fraction of sp³-hybridized carbons (Fsp3) is 0.818. The molecule has 64 valence electrons. The normalized spacial score (nSPS) is 29.9. The van der Waals surface area contributed by atoms with Crippen LogP contribution in [-0.2, 0) is 0 Å². The van der Waals surface area contributed by atoms with Crippen LogP contribution in [0, 0.1) is 11.3 Å². The second kappa shape index (κ2) is 3.00. The summed E-state index contributed by atoms with van der Waals surface area (Å²) in [6.45, 7) is 11.0. The Balaban J connectivity index is 2.53. The third kappa shape index (κ3) is 2.36. The zero-order valence-corrected chi connectivity index (χ0v) is 8.11. The first-order valence-corrected chi connectivity index (χ1v) is 4.67. The van der Waals surface area contributed by atoms with Gasteiger partial charge in [0.25, 0.3) is 0 Å². The molecule has 0 spiro atoms. The fourth-order valence-electron chi connectivity index (χ4n) is 2.12. The third-order valence-corrected chi connectivity index (χ3v) is 2.90. The second-order valence-corrected chi connectivity index (χ2v) is 4.80. The predicted molar refractivity (Wildman–Crippen MR) is 50.6 cm³/mol. The molecule has 1 atom stereocenters. The van der Waals surface area contributed by atoms with Gasteiger partial charge in [0.1, 0.15) is 0 Å². The van der Waals surface area contributed by atoms with E-state index < -0.39 is 0 Å². The highest BCUT2D eigenvalue weighted by Gasteiger charge is 2.27. The van der Waals surface area contributed by atoms with Gasteiger partial charge < -0.3 is 0 Å². The van der Waals surface area contributed by atoms with Gasteiger partial charge >= 0.3 is 0 Å². The molecule has 1 aliphatic rings. The lowest BCUT2D eigenvalue weighted by molar-refractivity contribution is 0.200. The van der Waals surface area contributed by atoms with E-state index in [9.17, 15) is 0 Å². The van der Waals surface area contributed by atoms with Gasteiger partial charge in [-0.05, 0) is 37.5 Å². The molecule has 0 nitrogen and oxygen atoms in total. The van der Waals surface area contributed by atoms with Gasteiger partial charge in [0.05, 0.1) is 0 Å². The maximum absolute atomic E-state index is 4.04. The van der Waals surface area contributed by atoms with Crippen molar-refractivity contribution in [2.75, 3.05) is 0 Å². The minimum atomic E-state index is 0.571. The topological polar surface area (TPSA) is 0 Å². The maximum Gasteiger partial charge on any atom is -0.0204 e. The molecule has 0 bridgehead atoms. The molecule has 11 heavy (non-hydrogen) atoms. The fourth-order valence-corrected chi connectivity index (χ4v) is 2.12. The van der Waals surface area contributed by atoms with E-state index in [4.69, 9.17) is 0 Å². The summed E-state index contributed by atoms with van der Waals surface area (Å²) in [5.41, 5.74) is 1.96. The van der Waals surface area contributed by atoms with Gasteiger partial charge in [-0.25, -0.2) is 0 Å². The van der Waals surface area contributed by atoms with Crippen LogP contribution in [0.5, 0.6) is 0 Å². The van der Waals surface area contributed by atoms with Crippen LogP contribution in [-0.4, -0.2) is 0 Å². The number of allylic oxidation sites excluding steroid dienone is 1. The van der Waals surface area contributed by atoms with Crippen LogP contribution >= 0.6 is 0 Å². The summed E-state index contributed by atoms with van der Waals surface area (Å²) in [6, 6.07) is 0. The number of rotatable bonds is 1. The van der Waals surface area contributed by atoms with Crippen LogP contribution in [0.1, 0.15) is 46.5 Å². The highest BCUT2D eigenvalue weighted by molar-refractivity contribution is 4.99. The number of hydrogen-bond acceptors (Lipinski definition) is 0. The summed E-state index contributed by atoms with van der Waals surface area (Å²) < 4.78 is 0. The van der Waals surface area contributed by atoms with E-state index in [-0.39, 0.29) is 0 Å². The minimum absolute atomic E-state index is 0.571. The molecule has 0 heteroatoms. The molecule has 0 heterocycles. The molecule has 1 rings (SSSR count). The first-order chi connectivity index (χ1) is 5.01. The van der Waals surface area contributed by atoms with Crippen molar-refractivity contribution in [2.24, 2.45) is 11.3 Å². The lowest BCUT2D eigenvalue weighted by atomic mass is 9.70. The molecule has 0 amide bonds. The maximum atomic E-state index is 4.04. The lowest BCUT2D eigenvalue weighted by Crippen LogP contribution is -2.22. The zero-order valence-electron chi connectivity index (χ0n) is 8.11. The molecular formula is C11H20. The predicted octanol–water partition coefficient (Wildman–Crippen LogP) is 3.78. The van der Waals surface area contributed by atoms with Gasteiger partial charge in [-0.1, -0.05) is 32.4 Å². The zero-order chi connectivity index (χ0) is 8.48. The molecule has 0 aromatic rings. The van der Waals surface area contributed by atoms with E-state index in [1.165, 1.54) is 31.3 Å². The average Bonchev–Trinajstić information content (AvgIpc) is 1.85. The lowest BCUT2D eigenvalue weighted by Gasteiger charge is -2.35. The monoisotopic (exact) mass is 152 g/mol. The largest absolute Gasteiger partial charge is 0.0999 e. The molecule has 0 aromatic carbocycles. The summed E-state index contributed by atoms with van der Waals surface area (Å²) in [4.78, 5) is 0. The summed E-state index contributed by atoms with van der Waals surface area (Å²) in [5, 5.41) is 0. The Morgan fingerprint density at radius 2 is 2.09 bits per heavy atom. The molecule has 0 aliphatic heterocycles. The Labute approximate surface area is 70.7 Å². The van der Waals surface area contributed by atoms with Crippen molar-refractivity contribution >= 4 is 0 Å². The van der Waals surface area contributed by atoms with Crippen LogP contribution in [0.4, 0.5) is 0 Å². The highest BCUT2D eigenvalue weighted by atomic mass is 14.3. The van der Waals surface area contributed by atoms with Crippen LogP contribution in [0.3, 0.4) is 0 Å². The van der Waals surface area contributed by atoms with E-state index >= 15 is 0 Å². The van der Waals surface area contributed by atoms with Crippen molar-refractivity contribution in [2.45, 2.75) is 46.5 Å². The molecule has 0 saturated heterocycles. The summed E-state index contributed by atoms with van der Waals surface area (Å²) in [6.07, 6.45) is 5.52. The van der Waals surface area contributed by atoms with Crippen LogP contribution in [0.25, 0.3) is 0 Å². The molecule has 1 fully saturated rings. The van der Waals surface area contributed by atoms with Crippen molar-refractivity contribution < 1.29 is 0 Å². The van der Waals surface area contributed by atoms with Gasteiger partial charge in [0, 0.05) is 0 Å². The van der Waals surface area contributed by atoms with Crippen molar-refractivity contribution in [3.63, 3.8) is 0 Å². The minimum Gasteiger partial charge on any atom is -0.0999 e. The quantitative estimate of drug-likeness (QED) is 0.502. The molecule has 0 radical (unpaired) electrons. The molecule has 0 aromatic heterocycles. The van der Waals surface area contributed by atoms with Gasteiger partial charge in [-0.3, -0.25) is 0 Å². The van der Waals surface area contributed by atoms with Crippen molar-refractivity contribution in [3.05, 3.63) is 12.2 Å². The Bertz CT molecular complexity index is 153.